The van der Waals surface area contributed by atoms with Crippen LogP contribution in [0.25, 0.3) is 6.08 Å². The molecule has 2 heteroatoms. The first-order valence-corrected chi connectivity index (χ1v) is 12.1. The average Bonchev–Trinajstić information content (AvgIpc) is 2.76. The molecule has 0 aliphatic heterocycles. The van der Waals surface area contributed by atoms with Crippen molar-refractivity contribution in [2.24, 2.45) is 11.8 Å². The van der Waals surface area contributed by atoms with Crippen LogP contribution in [0.15, 0.2) is 42.5 Å². The van der Waals surface area contributed by atoms with Crippen molar-refractivity contribution < 1.29 is 9.47 Å². The molecule has 0 aromatic heterocycles. The van der Waals surface area contributed by atoms with Crippen molar-refractivity contribution in [3.63, 3.8) is 0 Å². The van der Waals surface area contributed by atoms with E-state index >= 15 is 0 Å². The minimum atomic E-state index is 0.529. The lowest BCUT2D eigenvalue weighted by atomic mass is 9.96. The van der Waals surface area contributed by atoms with Gasteiger partial charge in [0.05, 0.1) is 14.2 Å². The molecule has 0 saturated heterocycles. The third-order valence-electron chi connectivity index (χ3n) is 5.43. The maximum Gasteiger partial charge on any atom is 0.119 e. The molecule has 0 radical (unpaired) electrons. The van der Waals surface area contributed by atoms with Crippen molar-refractivity contribution in [2.45, 2.75) is 80.1 Å². The molecule has 0 fully saturated rings. The van der Waals surface area contributed by atoms with E-state index in [1.807, 2.05) is 0 Å². The summed E-state index contributed by atoms with van der Waals surface area (Å²) in [5.41, 5.74) is 5.31. The molecule has 2 nitrogen and oxygen atoms in total. The maximum atomic E-state index is 5.35. The summed E-state index contributed by atoms with van der Waals surface area (Å²) < 4.78 is 10.7. The van der Waals surface area contributed by atoms with Crippen LogP contribution in [0.1, 0.15) is 95.9 Å². The fourth-order valence-corrected chi connectivity index (χ4v) is 3.23. The van der Waals surface area contributed by atoms with Crippen LogP contribution in [0.5, 0.6) is 11.5 Å². The van der Waals surface area contributed by atoms with E-state index in [1.165, 1.54) is 28.7 Å². The van der Waals surface area contributed by atoms with Crippen molar-refractivity contribution in [1.82, 2.24) is 0 Å². The number of hydrogen-bond donors (Lipinski definition) is 0. The number of ether oxygens (including phenoxy) is 2. The van der Waals surface area contributed by atoms with E-state index in [0.29, 0.717) is 17.8 Å². The van der Waals surface area contributed by atoms with Crippen molar-refractivity contribution >= 4 is 6.08 Å². The molecule has 2 rings (SSSR count). The van der Waals surface area contributed by atoms with Crippen LogP contribution in [0.3, 0.4) is 0 Å². The number of methoxy groups -OCH3 is 2. The lowest BCUT2D eigenvalue weighted by Crippen LogP contribution is -1.96. The van der Waals surface area contributed by atoms with Gasteiger partial charge in [0.25, 0.3) is 0 Å². The zero-order valence-corrected chi connectivity index (χ0v) is 22.2. The average molecular weight is 439 g/mol. The Morgan fingerprint density at radius 1 is 0.688 bits per heavy atom. The van der Waals surface area contributed by atoms with Gasteiger partial charge in [-0.05, 0) is 83.0 Å². The Labute approximate surface area is 198 Å². The minimum absolute atomic E-state index is 0.529. The summed E-state index contributed by atoms with van der Waals surface area (Å²) in [6, 6.07) is 13.0. The molecule has 0 bridgehead atoms. The van der Waals surface area contributed by atoms with Crippen LogP contribution in [-0.2, 0) is 6.42 Å². The van der Waals surface area contributed by atoms with Crippen LogP contribution in [0.4, 0.5) is 0 Å². The molecule has 0 aliphatic rings. The Morgan fingerprint density at radius 3 is 1.69 bits per heavy atom. The van der Waals surface area contributed by atoms with E-state index < -0.39 is 0 Å². The standard InChI is InChI=1S/C15H24O.C15H22O/c2*1-11(2)6-7-13-8-14(12(3)4)10-15(9-13)16-5/h8-12H,6-7H2,1-5H3;6-12H,1-5H3/b;7-6-. The van der Waals surface area contributed by atoms with Crippen molar-refractivity contribution in [3.8, 4) is 11.5 Å². The molecular formula is C30H46O2. The van der Waals surface area contributed by atoms with Crippen LogP contribution in [0.2, 0.25) is 0 Å². The first-order valence-electron chi connectivity index (χ1n) is 12.1. The highest BCUT2D eigenvalue weighted by molar-refractivity contribution is 5.54. The number of rotatable bonds is 9. The monoisotopic (exact) mass is 438 g/mol. The highest BCUT2D eigenvalue weighted by Gasteiger charge is 2.06. The summed E-state index contributed by atoms with van der Waals surface area (Å²) in [4.78, 5) is 0. The van der Waals surface area contributed by atoms with E-state index in [4.69, 9.17) is 9.47 Å². The predicted molar refractivity (Wildman–Crippen MR) is 141 cm³/mol. The third-order valence-corrected chi connectivity index (χ3v) is 5.43. The van der Waals surface area contributed by atoms with E-state index in [0.717, 1.165) is 23.8 Å². The molecule has 0 N–H and O–H groups in total. The molecule has 0 amide bonds. The van der Waals surface area contributed by atoms with Crippen molar-refractivity contribution in [1.29, 1.82) is 0 Å². The second-order valence-corrected chi connectivity index (χ2v) is 10.00. The van der Waals surface area contributed by atoms with Crippen molar-refractivity contribution in [2.75, 3.05) is 14.2 Å². The summed E-state index contributed by atoms with van der Waals surface area (Å²) >= 11 is 0. The minimum Gasteiger partial charge on any atom is -0.497 e. The van der Waals surface area contributed by atoms with Gasteiger partial charge in [-0.1, -0.05) is 79.7 Å². The first-order chi connectivity index (χ1) is 15.0. The lowest BCUT2D eigenvalue weighted by molar-refractivity contribution is 0.413. The largest absolute Gasteiger partial charge is 0.497 e. The topological polar surface area (TPSA) is 18.5 Å². The van der Waals surface area contributed by atoms with Crippen LogP contribution < -0.4 is 9.47 Å². The highest BCUT2D eigenvalue weighted by Crippen LogP contribution is 2.25. The normalized spacial score (nSPS) is 11.4. The number of allylic oxidation sites excluding steroid dienone is 1. The zero-order valence-electron chi connectivity index (χ0n) is 22.2. The SMILES string of the molecule is COc1cc(/C=C\C(C)C)cc(C(C)C)c1.COc1cc(CCC(C)C)cc(C(C)C)c1. The Kier molecular flexibility index (Phi) is 12.2. The Morgan fingerprint density at radius 2 is 1.22 bits per heavy atom. The Balaban J connectivity index is 0.000000320. The van der Waals surface area contributed by atoms with Gasteiger partial charge in [0.2, 0.25) is 0 Å². The smallest absolute Gasteiger partial charge is 0.119 e. The molecule has 0 atom stereocenters. The summed E-state index contributed by atoms with van der Waals surface area (Å²) in [5.74, 6) is 4.36. The molecule has 0 unspecified atom stereocenters. The van der Waals surface area contributed by atoms with Gasteiger partial charge in [0, 0.05) is 0 Å². The fraction of sp³-hybridized carbons (Fsp3) is 0.533. The molecular weight excluding hydrogens is 392 g/mol. The van der Waals surface area contributed by atoms with Crippen LogP contribution in [-0.4, -0.2) is 14.2 Å². The summed E-state index contributed by atoms with van der Waals surface area (Å²) in [6.07, 6.45) is 6.76. The zero-order chi connectivity index (χ0) is 24.3. The van der Waals surface area contributed by atoms with Gasteiger partial charge in [-0.2, -0.15) is 0 Å². The van der Waals surface area contributed by atoms with Crippen LogP contribution in [0, 0.1) is 11.8 Å². The molecule has 0 saturated carbocycles. The number of hydrogen-bond acceptors (Lipinski definition) is 2. The van der Waals surface area contributed by atoms with E-state index in [1.54, 1.807) is 14.2 Å². The molecule has 0 aliphatic carbocycles. The van der Waals surface area contributed by atoms with E-state index in [-0.39, 0.29) is 0 Å². The third kappa shape index (κ3) is 10.4. The molecule has 2 aromatic rings. The molecule has 178 valence electrons. The van der Waals surface area contributed by atoms with E-state index in [2.05, 4.69) is 104 Å². The van der Waals surface area contributed by atoms with Gasteiger partial charge >= 0.3 is 0 Å². The van der Waals surface area contributed by atoms with Gasteiger partial charge in [0.1, 0.15) is 11.5 Å². The van der Waals surface area contributed by atoms with Crippen LogP contribution >= 0.6 is 0 Å². The Bertz CT molecular complexity index is 829. The molecule has 32 heavy (non-hydrogen) atoms. The molecule has 2 aromatic carbocycles. The first kappa shape index (κ1) is 27.8. The molecule has 0 heterocycles. The highest BCUT2D eigenvalue weighted by atomic mass is 16.5. The van der Waals surface area contributed by atoms with Gasteiger partial charge in [-0.15, -0.1) is 0 Å². The van der Waals surface area contributed by atoms with E-state index in [9.17, 15) is 0 Å². The molecule has 0 spiro atoms. The number of benzene rings is 2. The van der Waals surface area contributed by atoms with Crippen molar-refractivity contribution in [3.05, 3.63) is 64.7 Å². The van der Waals surface area contributed by atoms with Gasteiger partial charge < -0.3 is 9.47 Å². The summed E-state index contributed by atoms with van der Waals surface area (Å²) in [6.45, 7) is 17.7. The fourth-order valence-electron chi connectivity index (χ4n) is 3.23. The van der Waals surface area contributed by atoms with Gasteiger partial charge in [0.15, 0.2) is 0 Å². The predicted octanol–water partition coefficient (Wildman–Crippen LogP) is 8.90. The number of aryl methyl sites for hydroxylation is 1. The second-order valence-electron chi connectivity index (χ2n) is 10.00. The summed E-state index contributed by atoms with van der Waals surface area (Å²) in [7, 11) is 3.46. The quantitative estimate of drug-likeness (QED) is 0.389. The van der Waals surface area contributed by atoms with Gasteiger partial charge in [-0.25, -0.2) is 0 Å². The summed E-state index contributed by atoms with van der Waals surface area (Å²) in [5, 5.41) is 0. The van der Waals surface area contributed by atoms with Gasteiger partial charge in [-0.3, -0.25) is 0 Å². The Hall–Kier alpha value is -2.22. The maximum absolute atomic E-state index is 5.35. The second kappa shape index (κ2) is 14.0. The lowest BCUT2D eigenvalue weighted by Gasteiger charge is -2.12.